The summed E-state index contributed by atoms with van der Waals surface area (Å²) in [6.45, 7) is 0. The first-order chi connectivity index (χ1) is 10.8. The Hall–Kier alpha value is -2.40. The van der Waals surface area contributed by atoms with E-state index in [1.54, 1.807) is 18.0 Å². The summed E-state index contributed by atoms with van der Waals surface area (Å²) >= 11 is 0. The number of methoxy groups -OCH3 is 1. The minimum absolute atomic E-state index is 0.410. The van der Waals surface area contributed by atoms with Crippen molar-refractivity contribution in [1.82, 2.24) is 9.78 Å². The average Bonchev–Trinajstić information content (AvgIpc) is 3.04. The van der Waals surface area contributed by atoms with Crippen LogP contribution >= 0.6 is 0 Å². The summed E-state index contributed by atoms with van der Waals surface area (Å²) < 4.78 is 19.6. The number of benzene rings is 2. The molecule has 0 aliphatic carbocycles. The molecule has 2 aromatic carbocycles. The number of hydrogen-bond acceptors (Lipinski definition) is 3. The maximum absolute atomic E-state index is 12.5. The summed E-state index contributed by atoms with van der Waals surface area (Å²) in [7, 11) is 0.420. The molecule has 0 saturated carbocycles. The van der Waals surface area contributed by atoms with Gasteiger partial charge in [-0.3, -0.25) is 4.21 Å². The highest BCUT2D eigenvalue weighted by molar-refractivity contribution is 7.84. The highest BCUT2D eigenvalue weighted by atomic mass is 32.2. The normalized spacial score (nSPS) is 12.0. The van der Waals surface area contributed by atoms with E-state index in [0.29, 0.717) is 16.4 Å². The fraction of sp³-hybridized carbons (Fsp3) is 0.118. The fourth-order valence-electron chi connectivity index (χ4n) is 2.19. The second-order valence-electron chi connectivity index (χ2n) is 4.77. The van der Waals surface area contributed by atoms with Gasteiger partial charge in [-0.1, -0.05) is 30.3 Å². The van der Waals surface area contributed by atoms with Crippen LogP contribution < -0.4 is 4.74 Å². The number of para-hydroxylation sites is 2. The molecule has 0 bridgehead atoms. The van der Waals surface area contributed by atoms with Crippen LogP contribution in [0.3, 0.4) is 0 Å². The van der Waals surface area contributed by atoms with Gasteiger partial charge in [0.2, 0.25) is 0 Å². The topological polar surface area (TPSA) is 44.1 Å². The van der Waals surface area contributed by atoms with E-state index >= 15 is 0 Å². The Morgan fingerprint density at radius 2 is 1.82 bits per heavy atom. The maximum atomic E-state index is 12.5. The molecule has 3 rings (SSSR count). The van der Waals surface area contributed by atoms with E-state index in [1.165, 1.54) is 0 Å². The highest BCUT2D eigenvalue weighted by Crippen LogP contribution is 2.23. The van der Waals surface area contributed by atoms with E-state index in [-0.39, 0.29) is 0 Å². The molecule has 4 nitrogen and oxygen atoms in total. The largest absolute Gasteiger partial charge is 0.495 e. The summed E-state index contributed by atoms with van der Waals surface area (Å²) in [6, 6.07) is 17.2. The molecule has 112 valence electrons. The zero-order chi connectivity index (χ0) is 15.4. The van der Waals surface area contributed by atoms with Crippen LogP contribution in [-0.4, -0.2) is 21.1 Å². The second kappa shape index (κ2) is 6.58. The SMILES string of the molecule is COc1ccccc1S(=O)Cc1cnn(-c2ccccc2)c1. The van der Waals surface area contributed by atoms with E-state index in [0.717, 1.165) is 11.3 Å². The van der Waals surface area contributed by atoms with Crippen molar-refractivity contribution in [2.45, 2.75) is 10.6 Å². The van der Waals surface area contributed by atoms with Crippen molar-refractivity contribution in [3.8, 4) is 11.4 Å². The molecule has 1 heterocycles. The number of hydrogen-bond donors (Lipinski definition) is 0. The van der Waals surface area contributed by atoms with Crippen LogP contribution in [0.25, 0.3) is 5.69 Å². The predicted molar refractivity (Wildman–Crippen MR) is 86.7 cm³/mol. The van der Waals surface area contributed by atoms with Crippen LogP contribution in [0.1, 0.15) is 5.56 Å². The lowest BCUT2D eigenvalue weighted by Gasteiger charge is -2.06. The quantitative estimate of drug-likeness (QED) is 0.727. The molecule has 0 N–H and O–H groups in total. The zero-order valence-corrected chi connectivity index (χ0v) is 13.0. The summed E-state index contributed by atoms with van der Waals surface area (Å²) in [5, 5.41) is 4.33. The van der Waals surface area contributed by atoms with Gasteiger partial charge in [-0.05, 0) is 24.3 Å². The van der Waals surface area contributed by atoms with Gasteiger partial charge in [0.05, 0.1) is 40.4 Å². The maximum Gasteiger partial charge on any atom is 0.134 e. The van der Waals surface area contributed by atoms with Crippen LogP contribution in [0.15, 0.2) is 71.9 Å². The Bertz CT molecular complexity index is 784. The molecule has 0 aliphatic rings. The molecular formula is C17H16N2O2S. The number of ether oxygens (including phenoxy) is 1. The molecule has 0 aliphatic heterocycles. The Kier molecular flexibility index (Phi) is 4.34. The standard InChI is InChI=1S/C17H16N2O2S/c1-21-16-9-5-6-10-17(16)22(20)13-14-11-18-19(12-14)15-7-3-2-4-8-15/h2-12H,13H2,1H3. The van der Waals surface area contributed by atoms with Crippen LogP contribution in [0.4, 0.5) is 0 Å². The first-order valence-electron chi connectivity index (χ1n) is 6.88. The summed E-state index contributed by atoms with van der Waals surface area (Å²) in [5.74, 6) is 1.06. The van der Waals surface area contributed by atoms with Crippen molar-refractivity contribution in [2.24, 2.45) is 0 Å². The minimum atomic E-state index is -1.17. The van der Waals surface area contributed by atoms with E-state index in [1.807, 2.05) is 60.8 Å². The number of rotatable bonds is 5. The molecule has 1 atom stereocenters. The number of aromatic nitrogens is 2. The Labute approximate surface area is 131 Å². The van der Waals surface area contributed by atoms with Crippen LogP contribution in [0.2, 0.25) is 0 Å². The van der Waals surface area contributed by atoms with Gasteiger partial charge >= 0.3 is 0 Å². The Morgan fingerprint density at radius 1 is 1.09 bits per heavy atom. The van der Waals surface area contributed by atoms with Crippen LogP contribution in [0.5, 0.6) is 5.75 Å². The summed E-state index contributed by atoms with van der Waals surface area (Å²) in [5.41, 5.74) is 1.91. The van der Waals surface area contributed by atoms with Crippen molar-refractivity contribution in [3.05, 3.63) is 72.6 Å². The Morgan fingerprint density at radius 3 is 2.59 bits per heavy atom. The lowest BCUT2D eigenvalue weighted by molar-refractivity contribution is 0.404. The molecule has 5 heteroatoms. The lowest BCUT2D eigenvalue weighted by atomic mass is 10.3. The van der Waals surface area contributed by atoms with Gasteiger partial charge in [-0.15, -0.1) is 0 Å². The molecule has 0 saturated heterocycles. The highest BCUT2D eigenvalue weighted by Gasteiger charge is 2.12. The van der Waals surface area contributed by atoms with Gasteiger partial charge in [0.25, 0.3) is 0 Å². The van der Waals surface area contributed by atoms with E-state index < -0.39 is 10.8 Å². The van der Waals surface area contributed by atoms with Crippen LogP contribution in [0, 0.1) is 0 Å². The van der Waals surface area contributed by atoms with Crippen LogP contribution in [-0.2, 0) is 16.6 Å². The first-order valence-corrected chi connectivity index (χ1v) is 8.20. The molecule has 0 spiro atoms. The molecule has 0 fully saturated rings. The van der Waals surface area contributed by atoms with E-state index in [2.05, 4.69) is 5.10 Å². The van der Waals surface area contributed by atoms with Gasteiger partial charge in [-0.25, -0.2) is 4.68 Å². The third-order valence-electron chi connectivity index (χ3n) is 3.27. The lowest BCUT2D eigenvalue weighted by Crippen LogP contribution is -1.99. The second-order valence-corrected chi connectivity index (χ2v) is 6.19. The van der Waals surface area contributed by atoms with E-state index in [9.17, 15) is 4.21 Å². The molecular weight excluding hydrogens is 296 g/mol. The molecule has 22 heavy (non-hydrogen) atoms. The Balaban J connectivity index is 1.79. The predicted octanol–water partition coefficient (Wildman–Crippen LogP) is 3.19. The summed E-state index contributed by atoms with van der Waals surface area (Å²) in [4.78, 5) is 0.706. The van der Waals surface area contributed by atoms with Crippen molar-refractivity contribution in [2.75, 3.05) is 7.11 Å². The molecule has 1 aromatic heterocycles. The number of nitrogens with zero attached hydrogens (tertiary/aromatic N) is 2. The minimum Gasteiger partial charge on any atom is -0.495 e. The third-order valence-corrected chi connectivity index (χ3v) is 4.69. The van der Waals surface area contributed by atoms with Crippen molar-refractivity contribution in [3.63, 3.8) is 0 Å². The van der Waals surface area contributed by atoms with E-state index in [4.69, 9.17) is 4.74 Å². The molecule has 1 unspecified atom stereocenters. The first kappa shape index (κ1) is 14.5. The molecule has 3 aromatic rings. The van der Waals surface area contributed by atoms with Crippen molar-refractivity contribution < 1.29 is 8.95 Å². The van der Waals surface area contributed by atoms with Crippen molar-refractivity contribution >= 4 is 10.8 Å². The zero-order valence-electron chi connectivity index (χ0n) is 12.2. The monoisotopic (exact) mass is 312 g/mol. The smallest absolute Gasteiger partial charge is 0.134 e. The fourth-order valence-corrected chi connectivity index (χ4v) is 3.41. The van der Waals surface area contributed by atoms with Gasteiger partial charge in [0.15, 0.2) is 0 Å². The van der Waals surface area contributed by atoms with Gasteiger partial charge < -0.3 is 4.74 Å². The summed E-state index contributed by atoms with van der Waals surface area (Å²) in [6.07, 6.45) is 3.66. The third kappa shape index (κ3) is 3.09. The van der Waals surface area contributed by atoms with Gasteiger partial charge in [0.1, 0.15) is 5.75 Å². The van der Waals surface area contributed by atoms with Gasteiger partial charge in [-0.2, -0.15) is 5.10 Å². The average molecular weight is 312 g/mol. The molecule has 0 amide bonds. The molecule has 0 radical (unpaired) electrons. The van der Waals surface area contributed by atoms with Crippen molar-refractivity contribution in [1.29, 1.82) is 0 Å². The van der Waals surface area contributed by atoms with Gasteiger partial charge in [0, 0.05) is 11.8 Å².